The van der Waals surface area contributed by atoms with E-state index in [0.717, 1.165) is 5.39 Å². The second-order valence-electron chi connectivity index (χ2n) is 6.81. The van der Waals surface area contributed by atoms with E-state index in [9.17, 15) is 13.2 Å². The average Bonchev–Trinajstić information content (AvgIpc) is 2.79. The van der Waals surface area contributed by atoms with Crippen LogP contribution in [0.2, 0.25) is 5.02 Å². The van der Waals surface area contributed by atoms with Gasteiger partial charge in [0.15, 0.2) is 0 Å². The van der Waals surface area contributed by atoms with Crippen LogP contribution in [0, 0.1) is 0 Å². The molecule has 3 aromatic carbocycles. The molecule has 0 spiro atoms. The van der Waals surface area contributed by atoms with Crippen LogP contribution in [0.5, 0.6) is 5.75 Å². The molecule has 0 bridgehead atoms. The van der Waals surface area contributed by atoms with Gasteiger partial charge >= 0.3 is 0 Å². The predicted molar refractivity (Wildman–Crippen MR) is 125 cm³/mol. The summed E-state index contributed by atoms with van der Waals surface area (Å²) in [6, 6.07) is 19.5. The van der Waals surface area contributed by atoms with Crippen molar-refractivity contribution in [2.24, 2.45) is 0 Å². The summed E-state index contributed by atoms with van der Waals surface area (Å²) in [5.74, 6) is -0.143. The minimum absolute atomic E-state index is 0.0803. The van der Waals surface area contributed by atoms with Gasteiger partial charge in [0.25, 0.3) is 15.9 Å². The van der Waals surface area contributed by atoms with Gasteiger partial charge in [0.2, 0.25) is 0 Å². The number of halogens is 1. The van der Waals surface area contributed by atoms with Crippen molar-refractivity contribution in [2.45, 2.75) is 4.90 Å². The van der Waals surface area contributed by atoms with Crippen LogP contribution in [0.25, 0.3) is 10.9 Å². The molecule has 0 aliphatic rings. The second-order valence-corrected chi connectivity index (χ2v) is 8.93. The third-order valence-electron chi connectivity index (χ3n) is 4.69. The van der Waals surface area contributed by atoms with Crippen molar-refractivity contribution in [1.29, 1.82) is 0 Å². The molecule has 0 fully saturated rings. The highest BCUT2D eigenvalue weighted by molar-refractivity contribution is 7.92. The molecule has 0 aliphatic carbocycles. The Morgan fingerprint density at radius 3 is 2.56 bits per heavy atom. The lowest BCUT2D eigenvalue weighted by Crippen LogP contribution is -2.16. The van der Waals surface area contributed by atoms with Crippen LogP contribution < -0.4 is 14.8 Å². The first kappa shape index (κ1) is 21.6. The van der Waals surface area contributed by atoms with Crippen LogP contribution in [0.1, 0.15) is 10.4 Å². The summed E-state index contributed by atoms with van der Waals surface area (Å²) in [6.45, 7) is 0. The Hall–Kier alpha value is -3.62. The van der Waals surface area contributed by atoms with Gasteiger partial charge in [-0.3, -0.25) is 14.5 Å². The molecule has 0 aliphatic heterocycles. The lowest BCUT2D eigenvalue weighted by Gasteiger charge is -2.13. The van der Waals surface area contributed by atoms with Crippen molar-refractivity contribution in [3.8, 4) is 5.75 Å². The number of nitrogens with zero attached hydrogens (tertiary/aromatic N) is 1. The maximum atomic E-state index is 12.9. The first-order valence-corrected chi connectivity index (χ1v) is 11.3. The first-order chi connectivity index (χ1) is 15.4. The van der Waals surface area contributed by atoms with Crippen LogP contribution in [-0.2, 0) is 10.0 Å². The molecule has 0 saturated carbocycles. The molecule has 4 aromatic rings. The minimum atomic E-state index is -4.01. The number of anilines is 2. The summed E-state index contributed by atoms with van der Waals surface area (Å²) in [7, 11) is -2.58. The van der Waals surface area contributed by atoms with Gasteiger partial charge in [-0.2, -0.15) is 0 Å². The summed E-state index contributed by atoms with van der Waals surface area (Å²) < 4.78 is 33.5. The van der Waals surface area contributed by atoms with E-state index in [1.54, 1.807) is 24.4 Å². The number of nitrogens with one attached hydrogen (secondary N) is 2. The largest absolute Gasteiger partial charge is 0.495 e. The maximum absolute atomic E-state index is 12.9. The van der Waals surface area contributed by atoms with Crippen LogP contribution in [-0.4, -0.2) is 26.4 Å². The maximum Gasteiger partial charge on any atom is 0.262 e. The number of pyridine rings is 1. The van der Waals surface area contributed by atoms with Crippen LogP contribution in [0.3, 0.4) is 0 Å². The van der Waals surface area contributed by atoms with Gasteiger partial charge < -0.3 is 10.1 Å². The Balaban J connectivity index is 1.61. The van der Waals surface area contributed by atoms with E-state index in [1.807, 2.05) is 24.3 Å². The number of aromatic nitrogens is 1. The number of hydrogen-bond donors (Lipinski definition) is 2. The first-order valence-electron chi connectivity index (χ1n) is 9.49. The van der Waals surface area contributed by atoms with E-state index in [-0.39, 0.29) is 16.1 Å². The zero-order chi connectivity index (χ0) is 22.7. The summed E-state index contributed by atoms with van der Waals surface area (Å²) in [6.07, 6.45) is 1.64. The fourth-order valence-electron chi connectivity index (χ4n) is 3.17. The van der Waals surface area contributed by atoms with Gasteiger partial charge in [-0.15, -0.1) is 0 Å². The van der Waals surface area contributed by atoms with Crippen LogP contribution in [0.4, 0.5) is 11.4 Å². The number of carbonyl (C=O) groups excluding carboxylic acids is 1. The van der Waals surface area contributed by atoms with Crippen molar-refractivity contribution in [3.05, 3.63) is 89.6 Å². The summed E-state index contributed by atoms with van der Waals surface area (Å²) in [4.78, 5) is 17.1. The number of rotatable bonds is 6. The molecule has 1 heterocycles. The quantitative estimate of drug-likeness (QED) is 0.418. The van der Waals surface area contributed by atoms with Crippen LogP contribution >= 0.6 is 11.6 Å². The number of ether oxygens (including phenoxy) is 1. The van der Waals surface area contributed by atoms with Crippen LogP contribution in [0.15, 0.2) is 83.9 Å². The number of carbonyl (C=O) groups is 1. The van der Waals surface area contributed by atoms with E-state index < -0.39 is 15.9 Å². The van der Waals surface area contributed by atoms with Gasteiger partial charge in [-0.1, -0.05) is 35.9 Å². The third-order valence-corrected chi connectivity index (χ3v) is 6.29. The normalized spacial score (nSPS) is 11.2. The van der Waals surface area contributed by atoms with Crippen molar-refractivity contribution in [3.63, 3.8) is 0 Å². The van der Waals surface area contributed by atoms with E-state index in [1.165, 1.54) is 37.4 Å². The molecule has 2 N–H and O–H groups in total. The molecular weight excluding hydrogens is 450 g/mol. The third kappa shape index (κ3) is 4.51. The standard InChI is InChI=1S/C23H18ClN3O4S/c1-31-21-11-10-17(24)14-20(21)27-32(29,30)18-8-2-6-16(13-18)23(28)26-19-9-3-5-15-7-4-12-25-22(15)19/h2-14,27H,1H3,(H,26,28). The SMILES string of the molecule is COc1ccc(Cl)cc1NS(=O)(=O)c1cccc(C(=O)Nc2cccc3cccnc23)c1. The summed E-state index contributed by atoms with van der Waals surface area (Å²) in [5, 5.41) is 4.02. The Morgan fingerprint density at radius 2 is 1.75 bits per heavy atom. The highest BCUT2D eigenvalue weighted by atomic mass is 35.5. The fourth-order valence-corrected chi connectivity index (χ4v) is 4.45. The smallest absolute Gasteiger partial charge is 0.262 e. The number of sulfonamides is 1. The second kappa shape index (κ2) is 8.86. The Kier molecular flexibility index (Phi) is 5.98. The molecule has 1 aromatic heterocycles. The summed E-state index contributed by atoms with van der Waals surface area (Å²) in [5.41, 5.74) is 1.54. The number of methoxy groups -OCH3 is 1. The topological polar surface area (TPSA) is 97.4 Å². The zero-order valence-corrected chi connectivity index (χ0v) is 18.4. The van der Waals surface area contributed by atoms with Gasteiger partial charge in [-0.05, 0) is 48.5 Å². The molecule has 4 rings (SSSR count). The van der Waals surface area contributed by atoms with Gasteiger partial charge in [0.1, 0.15) is 5.75 Å². The predicted octanol–water partition coefficient (Wildman–Crippen LogP) is 4.95. The molecule has 9 heteroatoms. The Bertz CT molecular complexity index is 1420. The highest BCUT2D eigenvalue weighted by Gasteiger charge is 2.19. The molecule has 1 amide bonds. The lowest BCUT2D eigenvalue weighted by atomic mass is 10.1. The monoisotopic (exact) mass is 467 g/mol. The van der Waals surface area contributed by atoms with Gasteiger partial charge in [-0.25, -0.2) is 8.42 Å². The van der Waals surface area contributed by atoms with Crippen molar-refractivity contribution in [2.75, 3.05) is 17.1 Å². The molecule has 162 valence electrons. The lowest BCUT2D eigenvalue weighted by molar-refractivity contribution is 0.102. The Labute approximate surface area is 190 Å². The number of benzene rings is 3. The van der Waals surface area contributed by atoms with Crippen molar-refractivity contribution < 1.29 is 17.9 Å². The number of fused-ring (bicyclic) bond motifs is 1. The molecule has 7 nitrogen and oxygen atoms in total. The number of para-hydroxylation sites is 1. The molecule has 32 heavy (non-hydrogen) atoms. The Morgan fingerprint density at radius 1 is 0.969 bits per heavy atom. The number of hydrogen-bond acceptors (Lipinski definition) is 5. The minimum Gasteiger partial charge on any atom is -0.495 e. The van der Waals surface area contributed by atoms with Crippen molar-refractivity contribution in [1.82, 2.24) is 4.98 Å². The average molecular weight is 468 g/mol. The van der Waals surface area contributed by atoms with Gasteiger partial charge in [0, 0.05) is 22.2 Å². The fraction of sp³-hybridized carbons (Fsp3) is 0.0435. The zero-order valence-electron chi connectivity index (χ0n) is 16.9. The van der Waals surface area contributed by atoms with E-state index in [4.69, 9.17) is 16.3 Å². The van der Waals surface area contributed by atoms with E-state index in [0.29, 0.717) is 22.0 Å². The van der Waals surface area contributed by atoms with E-state index >= 15 is 0 Å². The molecule has 0 atom stereocenters. The molecule has 0 unspecified atom stereocenters. The summed E-state index contributed by atoms with van der Waals surface area (Å²) >= 11 is 5.99. The molecule has 0 saturated heterocycles. The van der Waals surface area contributed by atoms with Gasteiger partial charge in [0.05, 0.1) is 28.9 Å². The highest BCUT2D eigenvalue weighted by Crippen LogP contribution is 2.30. The molecule has 0 radical (unpaired) electrons. The van der Waals surface area contributed by atoms with Crippen molar-refractivity contribution >= 4 is 49.8 Å². The number of amides is 1. The molecular formula is C23H18ClN3O4S. The van der Waals surface area contributed by atoms with E-state index in [2.05, 4.69) is 15.0 Å².